The van der Waals surface area contributed by atoms with E-state index in [4.69, 9.17) is 5.11 Å². The highest BCUT2D eigenvalue weighted by molar-refractivity contribution is 7.99. The van der Waals surface area contributed by atoms with Crippen LogP contribution in [-0.4, -0.2) is 23.1 Å². The van der Waals surface area contributed by atoms with E-state index in [0.717, 1.165) is 22.2 Å². The lowest BCUT2D eigenvalue weighted by atomic mass is 10.2. The molecule has 0 fully saturated rings. The van der Waals surface area contributed by atoms with Gasteiger partial charge in [-0.15, -0.1) is 11.8 Å². The molecule has 0 saturated heterocycles. The summed E-state index contributed by atoms with van der Waals surface area (Å²) in [6, 6.07) is 7.14. The molecule has 0 radical (unpaired) electrons. The van der Waals surface area contributed by atoms with Crippen molar-refractivity contribution in [1.82, 2.24) is 0 Å². The van der Waals surface area contributed by atoms with Gasteiger partial charge in [-0.05, 0) is 18.6 Å². The fraction of sp³-hybridized carbons (Fsp3) is 0.400. The summed E-state index contributed by atoms with van der Waals surface area (Å²) in [6.07, 6.45) is -6.79. The van der Waals surface area contributed by atoms with E-state index >= 15 is 0 Å². The van der Waals surface area contributed by atoms with Crippen molar-refractivity contribution in [3.05, 3.63) is 29.8 Å². The average Bonchev–Trinajstić information content (AvgIpc) is 2.14. The van der Waals surface area contributed by atoms with Crippen LogP contribution in [0.25, 0.3) is 0 Å². The van der Waals surface area contributed by atoms with Gasteiger partial charge in [0.25, 0.3) is 0 Å². The molecule has 0 aliphatic heterocycles. The van der Waals surface area contributed by atoms with Crippen LogP contribution in [0.4, 0.5) is 13.2 Å². The lowest BCUT2D eigenvalue weighted by Crippen LogP contribution is -2.30. The third kappa shape index (κ3) is 3.76. The van der Waals surface area contributed by atoms with Gasteiger partial charge < -0.3 is 5.11 Å². The zero-order valence-electron chi connectivity index (χ0n) is 8.08. The van der Waals surface area contributed by atoms with Crippen molar-refractivity contribution < 1.29 is 18.3 Å². The molecule has 0 bridgehead atoms. The molecule has 1 aromatic carbocycles. The molecule has 1 aromatic rings. The first-order valence-corrected chi connectivity index (χ1v) is 5.33. The summed E-state index contributed by atoms with van der Waals surface area (Å²) in [5, 5.41) is 8.79. The molecule has 0 saturated carbocycles. The van der Waals surface area contributed by atoms with Gasteiger partial charge in [0.2, 0.25) is 0 Å². The van der Waals surface area contributed by atoms with E-state index in [9.17, 15) is 13.2 Å². The molecule has 15 heavy (non-hydrogen) atoms. The van der Waals surface area contributed by atoms with Crippen LogP contribution in [-0.2, 0) is 0 Å². The van der Waals surface area contributed by atoms with Crippen molar-refractivity contribution in [1.29, 1.82) is 0 Å². The second-order valence-corrected chi connectivity index (χ2v) is 4.20. The highest BCUT2D eigenvalue weighted by Gasteiger charge is 2.37. The summed E-state index contributed by atoms with van der Waals surface area (Å²) >= 11 is 1.01. The monoisotopic (exact) mass is 236 g/mol. The summed E-state index contributed by atoms with van der Waals surface area (Å²) in [7, 11) is 0. The summed E-state index contributed by atoms with van der Waals surface area (Å²) in [5.41, 5.74) is 0.914. The summed E-state index contributed by atoms with van der Waals surface area (Å²) in [4.78, 5) is 0.765. The molecular formula is C10H11F3OS. The topological polar surface area (TPSA) is 20.2 Å². The second-order valence-electron chi connectivity index (χ2n) is 3.13. The lowest BCUT2D eigenvalue weighted by molar-refractivity contribution is -0.195. The Labute approximate surface area is 90.3 Å². The van der Waals surface area contributed by atoms with E-state index < -0.39 is 12.3 Å². The molecule has 5 heteroatoms. The molecule has 84 valence electrons. The molecule has 1 unspecified atom stereocenters. The number of hydrogen-bond donors (Lipinski definition) is 1. The number of halogens is 3. The van der Waals surface area contributed by atoms with E-state index in [2.05, 4.69) is 0 Å². The fourth-order valence-electron chi connectivity index (χ4n) is 0.982. The van der Waals surface area contributed by atoms with Crippen LogP contribution in [0.15, 0.2) is 29.2 Å². The maximum atomic E-state index is 12.0. The largest absolute Gasteiger partial charge is 0.415 e. The molecule has 1 N–H and O–H groups in total. The zero-order chi connectivity index (χ0) is 11.5. The number of rotatable bonds is 3. The molecule has 1 rings (SSSR count). The molecule has 0 amide bonds. The van der Waals surface area contributed by atoms with Gasteiger partial charge in [-0.3, -0.25) is 0 Å². The third-order valence-corrected chi connectivity index (χ3v) is 3.12. The van der Waals surface area contributed by atoms with Gasteiger partial charge in [0.15, 0.2) is 6.10 Å². The lowest BCUT2D eigenvalue weighted by Gasteiger charge is -2.14. The first-order chi connectivity index (χ1) is 6.91. The summed E-state index contributed by atoms with van der Waals surface area (Å²) in [5.74, 6) is -0.367. The minimum absolute atomic E-state index is 0.367. The maximum Gasteiger partial charge on any atom is 0.415 e. The average molecular weight is 236 g/mol. The van der Waals surface area contributed by atoms with Gasteiger partial charge in [0, 0.05) is 10.6 Å². The molecule has 1 atom stereocenters. The number of aryl methyl sites for hydroxylation is 1. The van der Waals surface area contributed by atoms with Crippen molar-refractivity contribution in [2.24, 2.45) is 0 Å². The molecule has 0 heterocycles. The molecule has 0 aliphatic carbocycles. The van der Waals surface area contributed by atoms with E-state index in [0.29, 0.717) is 0 Å². The van der Waals surface area contributed by atoms with E-state index in [1.54, 1.807) is 12.1 Å². The minimum atomic E-state index is -4.53. The van der Waals surface area contributed by atoms with Crippen molar-refractivity contribution in [3.63, 3.8) is 0 Å². The predicted molar refractivity (Wildman–Crippen MR) is 54.0 cm³/mol. The SMILES string of the molecule is Cc1ccccc1SCC(O)C(F)(F)F. The van der Waals surface area contributed by atoms with Crippen molar-refractivity contribution >= 4 is 11.8 Å². The van der Waals surface area contributed by atoms with E-state index in [1.807, 2.05) is 19.1 Å². The zero-order valence-corrected chi connectivity index (χ0v) is 8.90. The van der Waals surface area contributed by atoms with Crippen LogP contribution >= 0.6 is 11.8 Å². The minimum Gasteiger partial charge on any atom is -0.383 e. The first kappa shape index (κ1) is 12.4. The molecule has 0 spiro atoms. The number of aliphatic hydroxyl groups excluding tert-OH is 1. The van der Waals surface area contributed by atoms with Gasteiger partial charge in [0.05, 0.1) is 0 Å². The van der Waals surface area contributed by atoms with Gasteiger partial charge in [0.1, 0.15) is 0 Å². The Hall–Kier alpha value is -0.680. The highest BCUT2D eigenvalue weighted by atomic mass is 32.2. The van der Waals surface area contributed by atoms with Crippen LogP contribution in [0.5, 0.6) is 0 Å². The Kier molecular flexibility index (Phi) is 4.04. The summed E-state index contributed by atoms with van der Waals surface area (Å²) in [6.45, 7) is 1.82. The Balaban J connectivity index is 2.55. The third-order valence-electron chi connectivity index (χ3n) is 1.87. The Morgan fingerprint density at radius 2 is 1.93 bits per heavy atom. The van der Waals surface area contributed by atoms with E-state index in [1.165, 1.54) is 0 Å². The smallest absolute Gasteiger partial charge is 0.383 e. The van der Waals surface area contributed by atoms with Gasteiger partial charge in [-0.1, -0.05) is 18.2 Å². The van der Waals surface area contributed by atoms with Crippen molar-refractivity contribution in [2.45, 2.75) is 24.1 Å². The number of aliphatic hydroxyl groups is 1. The maximum absolute atomic E-state index is 12.0. The number of alkyl halides is 3. The van der Waals surface area contributed by atoms with Gasteiger partial charge in [-0.25, -0.2) is 0 Å². The van der Waals surface area contributed by atoms with Gasteiger partial charge >= 0.3 is 6.18 Å². The predicted octanol–water partition coefficient (Wildman–Crippen LogP) is 3.01. The Bertz CT molecular complexity index is 325. The highest BCUT2D eigenvalue weighted by Crippen LogP contribution is 2.28. The standard InChI is InChI=1S/C10H11F3OS/c1-7-4-2-3-5-8(7)15-6-9(14)10(11,12)13/h2-5,9,14H,6H2,1H3. The van der Waals surface area contributed by atoms with Crippen LogP contribution < -0.4 is 0 Å². The van der Waals surface area contributed by atoms with Crippen LogP contribution in [0.1, 0.15) is 5.56 Å². The molecule has 0 aliphatic rings. The van der Waals surface area contributed by atoms with Gasteiger partial charge in [-0.2, -0.15) is 13.2 Å². The van der Waals surface area contributed by atoms with E-state index in [-0.39, 0.29) is 5.75 Å². The number of benzene rings is 1. The number of thioether (sulfide) groups is 1. The molecule has 1 nitrogen and oxygen atoms in total. The molecular weight excluding hydrogens is 225 g/mol. The Morgan fingerprint density at radius 1 is 1.33 bits per heavy atom. The van der Waals surface area contributed by atoms with Crippen LogP contribution in [0.2, 0.25) is 0 Å². The summed E-state index contributed by atoms with van der Waals surface area (Å²) < 4.78 is 36.0. The van der Waals surface area contributed by atoms with Crippen LogP contribution in [0.3, 0.4) is 0 Å². The number of hydrogen-bond acceptors (Lipinski definition) is 2. The fourth-order valence-corrected chi connectivity index (χ4v) is 1.98. The quantitative estimate of drug-likeness (QED) is 0.814. The first-order valence-electron chi connectivity index (χ1n) is 4.34. The Morgan fingerprint density at radius 3 is 2.47 bits per heavy atom. The van der Waals surface area contributed by atoms with Crippen molar-refractivity contribution in [2.75, 3.05) is 5.75 Å². The van der Waals surface area contributed by atoms with Crippen LogP contribution in [0, 0.1) is 6.92 Å². The second kappa shape index (κ2) is 4.90. The van der Waals surface area contributed by atoms with Crippen molar-refractivity contribution in [3.8, 4) is 0 Å². The molecule has 0 aromatic heterocycles. The normalized spacial score (nSPS) is 13.9.